The standard InChI is InChI=1S/C20H21N3O2S.ClH/c1-2-11-25-20(24)13-7-9-14(10-8-13)23-18-17-15-5-3-4-6-16(15)26-19(17)22-12-21-18;/h7-10,12H,2-6,11H2,1H3,(H,21,22,23);1H. The normalized spacial score (nSPS) is 12.9. The minimum Gasteiger partial charge on any atom is -0.462 e. The van der Waals surface area contributed by atoms with E-state index < -0.39 is 0 Å². The Kier molecular flexibility index (Phi) is 6.29. The maximum Gasteiger partial charge on any atom is 0.338 e. The highest BCUT2D eigenvalue weighted by atomic mass is 35.5. The second-order valence-corrected chi connectivity index (χ2v) is 7.54. The minimum absolute atomic E-state index is 0. The number of fused-ring (bicyclic) bond motifs is 3. The quantitative estimate of drug-likeness (QED) is 0.585. The van der Waals surface area contributed by atoms with E-state index in [1.807, 2.05) is 19.1 Å². The van der Waals surface area contributed by atoms with E-state index in [0.29, 0.717) is 12.2 Å². The van der Waals surface area contributed by atoms with Gasteiger partial charge in [0.2, 0.25) is 0 Å². The van der Waals surface area contributed by atoms with Crippen LogP contribution in [0.25, 0.3) is 10.2 Å². The molecule has 142 valence electrons. The number of thiophene rings is 1. The fourth-order valence-electron chi connectivity index (χ4n) is 3.29. The number of benzene rings is 1. The smallest absolute Gasteiger partial charge is 0.338 e. The Morgan fingerprint density at radius 1 is 1.19 bits per heavy atom. The first-order chi connectivity index (χ1) is 12.8. The van der Waals surface area contributed by atoms with Crippen LogP contribution in [-0.2, 0) is 17.6 Å². The Morgan fingerprint density at radius 2 is 1.96 bits per heavy atom. The first kappa shape index (κ1) is 19.6. The van der Waals surface area contributed by atoms with E-state index >= 15 is 0 Å². The molecule has 1 aliphatic rings. The fourth-order valence-corrected chi connectivity index (χ4v) is 4.52. The number of nitrogens with one attached hydrogen (secondary N) is 1. The topological polar surface area (TPSA) is 64.1 Å². The average molecular weight is 404 g/mol. The zero-order valence-electron chi connectivity index (χ0n) is 15.2. The zero-order chi connectivity index (χ0) is 17.9. The Bertz CT molecular complexity index is 940. The molecule has 4 rings (SSSR count). The predicted octanol–water partition coefficient (Wildman–Crippen LogP) is 5.30. The number of anilines is 2. The summed E-state index contributed by atoms with van der Waals surface area (Å²) in [7, 11) is 0. The highest BCUT2D eigenvalue weighted by Crippen LogP contribution is 2.38. The molecule has 0 amide bonds. The molecule has 0 spiro atoms. The molecule has 0 saturated carbocycles. The molecule has 1 aromatic carbocycles. The van der Waals surface area contributed by atoms with Crippen molar-refractivity contribution in [3.63, 3.8) is 0 Å². The van der Waals surface area contributed by atoms with Gasteiger partial charge in [0.05, 0.1) is 17.6 Å². The van der Waals surface area contributed by atoms with E-state index in [-0.39, 0.29) is 18.4 Å². The second kappa shape index (κ2) is 8.67. The number of aromatic nitrogens is 2. The van der Waals surface area contributed by atoms with Crippen molar-refractivity contribution in [3.05, 3.63) is 46.6 Å². The van der Waals surface area contributed by atoms with Crippen molar-refractivity contribution in [3.8, 4) is 0 Å². The van der Waals surface area contributed by atoms with E-state index in [1.165, 1.54) is 23.3 Å². The lowest BCUT2D eigenvalue weighted by Gasteiger charge is -2.12. The van der Waals surface area contributed by atoms with E-state index in [4.69, 9.17) is 4.74 Å². The number of hydrogen-bond donors (Lipinski definition) is 1. The molecular weight excluding hydrogens is 382 g/mol. The third kappa shape index (κ3) is 4.06. The van der Waals surface area contributed by atoms with E-state index in [0.717, 1.165) is 41.0 Å². The van der Waals surface area contributed by atoms with E-state index in [1.54, 1.807) is 29.8 Å². The highest BCUT2D eigenvalue weighted by Gasteiger charge is 2.20. The lowest BCUT2D eigenvalue weighted by atomic mass is 9.97. The van der Waals surface area contributed by atoms with Gasteiger partial charge in [-0.2, -0.15) is 0 Å². The van der Waals surface area contributed by atoms with Crippen molar-refractivity contribution < 1.29 is 9.53 Å². The molecule has 0 bridgehead atoms. The van der Waals surface area contributed by atoms with Crippen LogP contribution < -0.4 is 5.32 Å². The maximum absolute atomic E-state index is 11.9. The van der Waals surface area contributed by atoms with E-state index in [2.05, 4.69) is 15.3 Å². The van der Waals surface area contributed by atoms with Gasteiger partial charge in [-0.25, -0.2) is 14.8 Å². The Balaban J connectivity index is 0.00000210. The van der Waals surface area contributed by atoms with Gasteiger partial charge in [-0.05, 0) is 61.9 Å². The molecule has 0 unspecified atom stereocenters. The molecule has 0 saturated heterocycles. The van der Waals surface area contributed by atoms with Gasteiger partial charge in [0, 0.05) is 10.6 Å². The van der Waals surface area contributed by atoms with Crippen LogP contribution in [0.2, 0.25) is 0 Å². The lowest BCUT2D eigenvalue weighted by molar-refractivity contribution is 0.0505. The first-order valence-corrected chi connectivity index (χ1v) is 9.87. The summed E-state index contributed by atoms with van der Waals surface area (Å²) >= 11 is 1.79. The SMILES string of the molecule is CCCOC(=O)c1ccc(Nc2ncnc3sc4c(c23)CCCC4)cc1.Cl. The zero-order valence-corrected chi connectivity index (χ0v) is 16.8. The number of halogens is 1. The van der Waals surface area contributed by atoms with Gasteiger partial charge in [0.25, 0.3) is 0 Å². The maximum atomic E-state index is 11.9. The Hall–Kier alpha value is -2.18. The Labute approximate surface area is 168 Å². The first-order valence-electron chi connectivity index (χ1n) is 9.05. The molecule has 0 radical (unpaired) electrons. The summed E-state index contributed by atoms with van der Waals surface area (Å²) in [5.41, 5.74) is 2.86. The molecule has 27 heavy (non-hydrogen) atoms. The van der Waals surface area contributed by atoms with Crippen LogP contribution in [0.15, 0.2) is 30.6 Å². The third-order valence-electron chi connectivity index (χ3n) is 4.57. The minimum atomic E-state index is -0.283. The molecule has 2 aromatic heterocycles. The van der Waals surface area contributed by atoms with Gasteiger partial charge in [0.1, 0.15) is 17.0 Å². The van der Waals surface area contributed by atoms with Crippen molar-refractivity contribution in [1.82, 2.24) is 9.97 Å². The van der Waals surface area contributed by atoms with Crippen LogP contribution in [0.4, 0.5) is 11.5 Å². The summed E-state index contributed by atoms with van der Waals surface area (Å²) in [6.45, 7) is 2.42. The summed E-state index contributed by atoms with van der Waals surface area (Å²) in [6, 6.07) is 7.33. The van der Waals surface area contributed by atoms with Gasteiger partial charge >= 0.3 is 5.97 Å². The van der Waals surface area contributed by atoms with Gasteiger partial charge in [-0.1, -0.05) is 6.92 Å². The van der Waals surface area contributed by atoms with Crippen LogP contribution in [0.5, 0.6) is 0 Å². The summed E-state index contributed by atoms with van der Waals surface area (Å²) in [4.78, 5) is 23.3. The summed E-state index contributed by atoms with van der Waals surface area (Å²) < 4.78 is 5.17. The number of carbonyl (C=O) groups excluding carboxylic acids is 1. The fraction of sp³-hybridized carbons (Fsp3) is 0.350. The number of esters is 1. The number of rotatable bonds is 5. The van der Waals surface area contributed by atoms with Crippen molar-refractivity contribution in [2.24, 2.45) is 0 Å². The van der Waals surface area contributed by atoms with Gasteiger partial charge in [0.15, 0.2) is 0 Å². The van der Waals surface area contributed by atoms with Crippen molar-refractivity contribution >= 4 is 51.4 Å². The molecule has 0 aliphatic heterocycles. The van der Waals surface area contributed by atoms with Crippen molar-refractivity contribution in [2.75, 3.05) is 11.9 Å². The molecule has 1 N–H and O–H groups in total. The van der Waals surface area contributed by atoms with Crippen molar-refractivity contribution in [2.45, 2.75) is 39.0 Å². The molecule has 2 heterocycles. The van der Waals surface area contributed by atoms with Crippen LogP contribution in [0, 0.1) is 0 Å². The summed E-state index contributed by atoms with van der Waals surface area (Å²) in [5.74, 6) is 0.561. The third-order valence-corrected chi connectivity index (χ3v) is 5.77. The summed E-state index contributed by atoms with van der Waals surface area (Å²) in [5, 5.41) is 4.55. The van der Waals surface area contributed by atoms with Crippen LogP contribution in [0.1, 0.15) is 47.0 Å². The number of hydrogen-bond acceptors (Lipinski definition) is 6. The van der Waals surface area contributed by atoms with Crippen LogP contribution in [-0.4, -0.2) is 22.5 Å². The predicted molar refractivity (Wildman–Crippen MR) is 112 cm³/mol. The molecule has 1 aliphatic carbocycles. The number of aryl methyl sites for hydroxylation is 2. The lowest BCUT2D eigenvalue weighted by Crippen LogP contribution is -2.06. The molecular formula is C20H22ClN3O2S. The highest BCUT2D eigenvalue weighted by molar-refractivity contribution is 7.19. The molecule has 0 fully saturated rings. The van der Waals surface area contributed by atoms with Gasteiger partial charge < -0.3 is 10.1 Å². The van der Waals surface area contributed by atoms with E-state index in [9.17, 15) is 4.79 Å². The molecule has 5 nitrogen and oxygen atoms in total. The second-order valence-electron chi connectivity index (χ2n) is 6.45. The number of nitrogens with zero attached hydrogens (tertiary/aromatic N) is 2. The molecule has 3 aromatic rings. The van der Waals surface area contributed by atoms with Crippen molar-refractivity contribution in [1.29, 1.82) is 0 Å². The Morgan fingerprint density at radius 3 is 2.74 bits per heavy atom. The summed E-state index contributed by atoms with van der Waals surface area (Å²) in [6.07, 6.45) is 7.15. The van der Waals surface area contributed by atoms with Gasteiger partial charge in [-0.3, -0.25) is 0 Å². The van der Waals surface area contributed by atoms with Gasteiger partial charge in [-0.15, -0.1) is 23.7 Å². The largest absolute Gasteiger partial charge is 0.462 e. The average Bonchev–Trinajstić information content (AvgIpc) is 3.06. The van der Waals surface area contributed by atoms with Crippen LogP contribution >= 0.6 is 23.7 Å². The van der Waals surface area contributed by atoms with Crippen LogP contribution in [0.3, 0.4) is 0 Å². The number of carbonyl (C=O) groups is 1. The molecule has 7 heteroatoms. The monoisotopic (exact) mass is 403 g/mol. The number of ether oxygens (including phenoxy) is 1. The molecule has 0 atom stereocenters.